The fourth-order valence-electron chi connectivity index (χ4n) is 2.46. The minimum Gasteiger partial charge on any atom is -0.493 e. The number of rotatable bonds is 5. The van der Waals surface area contributed by atoms with Gasteiger partial charge in [-0.25, -0.2) is 9.59 Å². The Balaban J connectivity index is 2.47. The van der Waals surface area contributed by atoms with Crippen LogP contribution in [0, 0.1) is 0 Å². The first-order valence-electron chi connectivity index (χ1n) is 7.19. The van der Waals surface area contributed by atoms with Gasteiger partial charge in [0.15, 0.2) is 11.5 Å². The molecule has 0 aliphatic carbocycles. The van der Waals surface area contributed by atoms with Crippen molar-refractivity contribution in [2.45, 2.75) is 19.9 Å². The monoisotopic (exact) mass is 320 g/mol. The highest BCUT2D eigenvalue weighted by Crippen LogP contribution is 2.34. The topological polar surface area (TPSA) is 85.9 Å². The molecule has 0 unspecified atom stereocenters. The van der Waals surface area contributed by atoms with E-state index in [1.54, 1.807) is 32.0 Å². The highest BCUT2D eigenvalue weighted by Gasteiger charge is 2.32. The van der Waals surface area contributed by atoms with Gasteiger partial charge in [0.1, 0.15) is 0 Å². The van der Waals surface area contributed by atoms with Gasteiger partial charge in [-0.15, -0.1) is 0 Å². The molecule has 23 heavy (non-hydrogen) atoms. The van der Waals surface area contributed by atoms with Crippen molar-refractivity contribution in [3.8, 4) is 11.5 Å². The van der Waals surface area contributed by atoms with Gasteiger partial charge >= 0.3 is 12.0 Å². The number of methoxy groups -OCH3 is 2. The largest absolute Gasteiger partial charge is 0.493 e. The SMILES string of the molecule is CCOC(=O)C1=C(C)NC(=O)N[C@@H]1c1ccc(OC)c(OC)c1. The number of hydrogen-bond acceptors (Lipinski definition) is 5. The normalized spacial score (nSPS) is 17.2. The summed E-state index contributed by atoms with van der Waals surface area (Å²) >= 11 is 0. The molecule has 1 aromatic carbocycles. The zero-order chi connectivity index (χ0) is 17.0. The van der Waals surface area contributed by atoms with Crippen LogP contribution in [0.4, 0.5) is 4.79 Å². The molecule has 7 heteroatoms. The van der Waals surface area contributed by atoms with Crippen LogP contribution in [0.15, 0.2) is 29.5 Å². The Hall–Kier alpha value is -2.70. The molecule has 1 atom stereocenters. The summed E-state index contributed by atoms with van der Waals surface area (Å²) in [4.78, 5) is 24.0. The van der Waals surface area contributed by atoms with E-state index in [0.717, 1.165) is 0 Å². The first-order chi connectivity index (χ1) is 11.0. The molecule has 1 aromatic rings. The zero-order valence-corrected chi connectivity index (χ0v) is 13.6. The second-order valence-electron chi connectivity index (χ2n) is 4.91. The molecule has 0 saturated heterocycles. The number of hydrogen-bond donors (Lipinski definition) is 2. The molecule has 1 heterocycles. The van der Waals surface area contributed by atoms with Crippen LogP contribution in [0.5, 0.6) is 11.5 Å². The molecule has 7 nitrogen and oxygen atoms in total. The maximum Gasteiger partial charge on any atom is 0.338 e. The Morgan fingerprint density at radius 3 is 2.52 bits per heavy atom. The van der Waals surface area contributed by atoms with Crippen molar-refractivity contribution >= 4 is 12.0 Å². The number of allylic oxidation sites excluding steroid dienone is 1. The average Bonchev–Trinajstić information content (AvgIpc) is 2.53. The average molecular weight is 320 g/mol. The van der Waals surface area contributed by atoms with Crippen LogP contribution in [-0.2, 0) is 9.53 Å². The second-order valence-corrected chi connectivity index (χ2v) is 4.91. The minimum atomic E-state index is -0.623. The predicted molar refractivity (Wildman–Crippen MR) is 83.3 cm³/mol. The van der Waals surface area contributed by atoms with E-state index >= 15 is 0 Å². The number of nitrogens with one attached hydrogen (secondary N) is 2. The van der Waals surface area contributed by atoms with Crippen molar-refractivity contribution in [2.24, 2.45) is 0 Å². The highest BCUT2D eigenvalue weighted by molar-refractivity contribution is 5.95. The fraction of sp³-hybridized carbons (Fsp3) is 0.375. The molecule has 0 aromatic heterocycles. The van der Waals surface area contributed by atoms with Crippen molar-refractivity contribution in [1.29, 1.82) is 0 Å². The van der Waals surface area contributed by atoms with Crippen molar-refractivity contribution < 1.29 is 23.8 Å². The van der Waals surface area contributed by atoms with Crippen LogP contribution in [-0.4, -0.2) is 32.8 Å². The van der Waals surface area contributed by atoms with Gasteiger partial charge in [-0.05, 0) is 31.5 Å². The van der Waals surface area contributed by atoms with Crippen LogP contribution >= 0.6 is 0 Å². The Labute approximate surface area is 134 Å². The lowest BCUT2D eigenvalue weighted by atomic mass is 9.95. The Bertz CT molecular complexity index is 654. The van der Waals surface area contributed by atoms with E-state index in [1.165, 1.54) is 14.2 Å². The fourth-order valence-corrected chi connectivity index (χ4v) is 2.46. The highest BCUT2D eigenvalue weighted by atomic mass is 16.5. The Kier molecular flexibility index (Phi) is 5.10. The lowest BCUT2D eigenvalue weighted by molar-refractivity contribution is -0.139. The van der Waals surface area contributed by atoms with Gasteiger partial charge < -0.3 is 24.8 Å². The van der Waals surface area contributed by atoms with Crippen LogP contribution in [0.2, 0.25) is 0 Å². The third-order valence-corrected chi connectivity index (χ3v) is 3.51. The molecule has 124 valence electrons. The molecule has 1 aliphatic heterocycles. The van der Waals surface area contributed by atoms with Crippen molar-refractivity contribution in [3.05, 3.63) is 35.0 Å². The number of carbonyl (C=O) groups is 2. The van der Waals surface area contributed by atoms with E-state index in [4.69, 9.17) is 14.2 Å². The van der Waals surface area contributed by atoms with E-state index in [1.807, 2.05) is 0 Å². The summed E-state index contributed by atoms with van der Waals surface area (Å²) in [5.74, 6) is 0.603. The van der Waals surface area contributed by atoms with Gasteiger partial charge in [0, 0.05) is 5.70 Å². The molecule has 2 amide bonds. The minimum absolute atomic E-state index is 0.252. The molecule has 0 spiro atoms. The summed E-state index contributed by atoms with van der Waals surface area (Å²) in [6.07, 6.45) is 0. The van der Waals surface area contributed by atoms with Gasteiger partial charge in [0.2, 0.25) is 0 Å². The summed E-state index contributed by atoms with van der Waals surface area (Å²) in [5.41, 5.74) is 1.52. The molecular weight excluding hydrogens is 300 g/mol. The lowest BCUT2D eigenvalue weighted by Crippen LogP contribution is -2.45. The molecule has 0 bridgehead atoms. The van der Waals surface area contributed by atoms with Gasteiger partial charge in [-0.2, -0.15) is 0 Å². The van der Waals surface area contributed by atoms with Crippen molar-refractivity contribution in [1.82, 2.24) is 10.6 Å². The number of ether oxygens (including phenoxy) is 3. The predicted octanol–water partition coefficient (Wildman–Crippen LogP) is 1.89. The van der Waals surface area contributed by atoms with E-state index in [2.05, 4.69) is 10.6 Å². The summed E-state index contributed by atoms with van der Waals surface area (Å²) < 4.78 is 15.6. The van der Waals surface area contributed by atoms with Gasteiger partial charge in [0.05, 0.1) is 32.4 Å². The summed E-state index contributed by atoms with van der Waals surface area (Å²) in [5, 5.41) is 5.33. The first-order valence-corrected chi connectivity index (χ1v) is 7.19. The van der Waals surface area contributed by atoms with Crippen LogP contribution in [0.3, 0.4) is 0 Å². The number of urea groups is 1. The zero-order valence-electron chi connectivity index (χ0n) is 13.6. The maximum atomic E-state index is 12.2. The number of carbonyl (C=O) groups excluding carboxylic acids is 2. The first kappa shape index (κ1) is 16.7. The summed E-state index contributed by atoms with van der Waals surface area (Å²) in [6, 6.07) is 4.21. The standard InChI is InChI=1S/C16H20N2O5/c1-5-23-15(19)13-9(2)17-16(20)18-14(13)10-6-7-11(21-3)12(8-10)22-4/h6-8,14H,5H2,1-4H3,(H2,17,18,20)/t14-/m1/s1. The van der Waals surface area contributed by atoms with E-state index in [-0.39, 0.29) is 12.6 Å². The Morgan fingerprint density at radius 1 is 1.22 bits per heavy atom. The maximum absolute atomic E-state index is 12.2. The van der Waals surface area contributed by atoms with Crippen LogP contribution in [0.1, 0.15) is 25.5 Å². The summed E-state index contributed by atoms with van der Waals surface area (Å²) in [7, 11) is 3.06. The van der Waals surface area contributed by atoms with E-state index < -0.39 is 12.0 Å². The van der Waals surface area contributed by atoms with Crippen molar-refractivity contribution in [3.63, 3.8) is 0 Å². The van der Waals surface area contributed by atoms with Gasteiger partial charge in [-0.1, -0.05) is 6.07 Å². The number of esters is 1. The van der Waals surface area contributed by atoms with E-state index in [0.29, 0.717) is 28.3 Å². The van der Waals surface area contributed by atoms with Crippen LogP contribution < -0.4 is 20.1 Å². The smallest absolute Gasteiger partial charge is 0.338 e. The van der Waals surface area contributed by atoms with Crippen molar-refractivity contribution in [2.75, 3.05) is 20.8 Å². The van der Waals surface area contributed by atoms with Gasteiger partial charge in [-0.3, -0.25) is 0 Å². The molecule has 1 aliphatic rings. The third-order valence-electron chi connectivity index (χ3n) is 3.51. The molecule has 0 saturated carbocycles. The molecule has 0 fully saturated rings. The molecular formula is C16H20N2O5. The lowest BCUT2D eigenvalue weighted by Gasteiger charge is -2.28. The molecule has 2 N–H and O–H groups in total. The van der Waals surface area contributed by atoms with Gasteiger partial charge in [0.25, 0.3) is 0 Å². The number of amides is 2. The molecule has 2 rings (SSSR count). The molecule has 0 radical (unpaired) electrons. The second kappa shape index (κ2) is 7.04. The number of benzene rings is 1. The van der Waals surface area contributed by atoms with Crippen LogP contribution in [0.25, 0.3) is 0 Å². The Morgan fingerprint density at radius 2 is 1.91 bits per heavy atom. The van der Waals surface area contributed by atoms with E-state index in [9.17, 15) is 9.59 Å². The summed E-state index contributed by atoms with van der Waals surface area (Å²) in [6.45, 7) is 3.65. The quantitative estimate of drug-likeness (QED) is 0.809. The third kappa shape index (κ3) is 3.39.